The van der Waals surface area contributed by atoms with Crippen LogP contribution in [-0.4, -0.2) is 12.6 Å². The summed E-state index contributed by atoms with van der Waals surface area (Å²) in [5.41, 5.74) is 8.03. The zero-order valence-corrected chi connectivity index (χ0v) is 11.4. The minimum atomic E-state index is -0.436. The van der Waals surface area contributed by atoms with E-state index in [1.807, 2.05) is 33.8 Å². The van der Waals surface area contributed by atoms with Crippen molar-refractivity contribution < 1.29 is 9.13 Å². The van der Waals surface area contributed by atoms with Crippen LogP contribution in [-0.2, 0) is 0 Å². The number of halogens is 1. The van der Waals surface area contributed by atoms with Crippen molar-refractivity contribution >= 4 is 11.4 Å². The Morgan fingerprint density at radius 1 is 1.44 bits per heavy atom. The molecule has 0 aliphatic heterocycles. The number of ether oxygens (including phenoxy) is 1. The fourth-order valence-corrected chi connectivity index (χ4v) is 1.43. The highest BCUT2D eigenvalue weighted by Gasteiger charge is 2.10. The molecule has 0 fully saturated rings. The van der Waals surface area contributed by atoms with E-state index in [-0.39, 0.29) is 11.9 Å². The van der Waals surface area contributed by atoms with Gasteiger partial charge in [0.05, 0.1) is 17.5 Å². The van der Waals surface area contributed by atoms with Gasteiger partial charge in [0.25, 0.3) is 0 Å². The highest BCUT2D eigenvalue weighted by atomic mass is 19.1. The van der Waals surface area contributed by atoms with Crippen LogP contribution in [0.25, 0.3) is 0 Å². The van der Waals surface area contributed by atoms with Gasteiger partial charge in [-0.3, -0.25) is 0 Å². The van der Waals surface area contributed by atoms with Crippen molar-refractivity contribution in [1.82, 2.24) is 0 Å². The molecule has 0 saturated carbocycles. The number of nitrogens with one attached hydrogen (secondary N) is 1. The van der Waals surface area contributed by atoms with Crippen LogP contribution in [0, 0.1) is 5.82 Å². The van der Waals surface area contributed by atoms with Crippen molar-refractivity contribution in [3.05, 3.63) is 29.6 Å². The SMILES string of the molecule is CC(C)=CCNc1cc(OC(C)C)c(F)cc1N. The summed E-state index contributed by atoms with van der Waals surface area (Å²) in [5.74, 6) is -0.215. The van der Waals surface area contributed by atoms with Gasteiger partial charge in [-0.2, -0.15) is 0 Å². The zero-order valence-electron chi connectivity index (χ0n) is 11.4. The zero-order chi connectivity index (χ0) is 13.7. The van der Waals surface area contributed by atoms with Crippen LogP contribution in [0.15, 0.2) is 23.8 Å². The average Bonchev–Trinajstić information content (AvgIpc) is 2.23. The normalized spacial score (nSPS) is 10.3. The number of benzene rings is 1. The van der Waals surface area contributed by atoms with Gasteiger partial charge in [-0.05, 0) is 27.7 Å². The molecule has 3 N–H and O–H groups in total. The number of nitrogen functional groups attached to an aromatic ring is 1. The molecular formula is C14H21FN2O. The first-order valence-electron chi connectivity index (χ1n) is 6.03. The standard InChI is InChI=1S/C14H21FN2O/c1-9(2)5-6-17-13-8-14(18-10(3)4)11(15)7-12(13)16/h5,7-8,10,17H,6,16H2,1-4H3. The van der Waals surface area contributed by atoms with E-state index in [1.54, 1.807) is 6.07 Å². The highest BCUT2D eigenvalue weighted by molar-refractivity contribution is 5.68. The molecule has 0 saturated heterocycles. The molecule has 0 bridgehead atoms. The van der Waals surface area contributed by atoms with E-state index < -0.39 is 5.82 Å². The van der Waals surface area contributed by atoms with Gasteiger partial charge >= 0.3 is 0 Å². The molecule has 0 heterocycles. The van der Waals surface area contributed by atoms with Gasteiger partial charge in [-0.15, -0.1) is 0 Å². The summed E-state index contributed by atoms with van der Waals surface area (Å²) in [5, 5.41) is 3.14. The summed E-state index contributed by atoms with van der Waals surface area (Å²) < 4.78 is 19.0. The lowest BCUT2D eigenvalue weighted by Gasteiger charge is -2.14. The summed E-state index contributed by atoms with van der Waals surface area (Å²) in [7, 11) is 0. The summed E-state index contributed by atoms with van der Waals surface area (Å²) in [6.07, 6.45) is 1.96. The molecule has 0 aliphatic rings. The second-order valence-electron chi connectivity index (χ2n) is 4.70. The smallest absolute Gasteiger partial charge is 0.167 e. The molecule has 4 heteroatoms. The van der Waals surface area contributed by atoms with Gasteiger partial charge in [-0.1, -0.05) is 11.6 Å². The molecule has 1 rings (SSSR count). The van der Waals surface area contributed by atoms with E-state index >= 15 is 0 Å². The van der Waals surface area contributed by atoms with Crippen LogP contribution >= 0.6 is 0 Å². The molecule has 0 radical (unpaired) electrons. The highest BCUT2D eigenvalue weighted by Crippen LogP contribution is 2.28. The predicted octanol–water partition coefficient (Wildman–Crippen LogP) is 3.57. The maximum atomic E-state index is 13.6. The van der Waals surface area contributed by atoms with Crippen LogP contribution in [0.5, 0.6) is 5.75 Å². The van der Waals surface area contributed by atoms with Gasteiger partial charge < -0.3 is 15.8 Å². The number of anilines is 2. The third-order valence-electron chi connectivity index (χ3n) is 2.27. The van der Waals surface area contributed by atoms with E-state index in [2.05, 4.69) is 5.32 Å². The van der Waals surface area contributed by atoms with Gasteiger partial charge in [0.1, 0.15) is 0 Å². The molecule has 18 heavy (non-hydrogen) atoms. The monoisotopic (exact) mass is 252 g/mol. The molecule has 0 aliphatic carbocycles. The average molecular weight is 252 g/mol. The van der Waals surface area contributed by atoms with Gasteiger partial charge in [0, 0.05) is 18.7 Å². The molecule has 100 valence electrons. The van der Waals surface area contributed by atoms with E-state index in [4.69, 9.17) is 10.5 Å². The lowest BCUT2D eigenvalue weighted by Crippen LogP contribution is -2.09. The Balaban J connectivity index is 2.87. The number of hydrogen-bond acceptors (Lipinski definition) is 3. The van der Waals surface area contributed by atoms with Crippen LogP contribution < -0.4 is 15.8 Å². The molecule has 0 unspecified atom stereocenters. The van der Waals surface area contributed by atoms with Gasteiger partial charge in [-0.25, -0.2) is 4.39 Å². The third kappa shape index (κ3) is 4.28. The Labute approximate surface area is 108 Å². The number of rotatable bonds is 5. The molecule has 0 spiro atoms. The maximum absolute atomic E-state index is 13.6. The molecule has 1 aromatic rings. The van der Waals surface area contributed by atoms with E-state index in [0.717, 1.165) is 0 Å². The lowest BCUT2D eigenvalue weighted by molar-refractivity contribution is 0.231. The van der Waals surface area contributed by atoms with E-state index in [1.165, 1.54) is 11.6 Å². The Bertz CT molecular complexity index is 438. The topological polar surface area (TPSA) is 47.3 Å². The maximum Gasteiger partial charge on any atom is 0.167 e. The number of allylic oxidation sites excluding steroid dienone is 1. The number of hydrogen-bond donors (Lipinski definition) is 2. The third-order valence-corrected chi connectivity index (χ3v) is 2.27. The van der Waals surface area contributed by atoms with Crippen molar-refractivity contribution in [2.75, 3.05) is 17.6 Å². The minimum Gasteiger partial charge on any atom is -0.488 e. The Hall–Kier alpha value is -1.71. The lowest BCUT2D eigenvalue weighted by atomic mass is 10.2. The van der Waals surface area contributed by atoms with Crippen molar-refractivity contribution in [2.24, 2.45) is 0 Å². The van der Waals surface area contributed by atoms with Crippen molar-refractivity contribution in [3.63, 3.8) is 0 Å². The number of nitrogens with two attached hydrogens (primary N) is 1. The molecule has 0 aromatic heterocycles. The first kappa shape index (κ1) is 14.4. The Morgan fingerprint density at radius 3 is 2.67 bits per heavy atom. The quantitative estimate of drug-likeness (QED) is 0.622. The van der Waals surface area contributed by atoms with Crippen molar-refractivity contribution in [1.29, 1.82) is 0 Å². The Morgan fingerprint density at radius 2 is 2.11 bits per heavy atom. The summed E-state index contributed by atoms with van der Waals surface area (Å²) in [6.45, 7) is 8.39. The van der Waals surface area contributed by atoms with Crippen LogP contribution in [0.2, 0.25) is 0 Å². The van der Waals surface area contributed by atoms with Crippen molar-refractivity contribution in [3.8, 4) is 5.75 Å². The Kier molecular flexibility index (Phi) is 5.01. The van der Waals surface area contributed by atoms with Crippen LogP contribution in [0.4, 0.5) is 15.8 Å². The molecule has 0 amide bonds. The molecule has 1 aromatic carbocycles. The van der Waals surface area contributed by atoms with E-state index in [9.17, 15) is 4.39 Å². The first-order chi connectivity index (χ1) is 8.40. The van der Waals surface area contributed by atoms with Crippen LogP contribution in [0.1, 0.15) is 27.7 Å². The summed E-state index contributed by atoms with van der Waals surface area (Å²) in [4.78, 5) is 0. The first-order valence-corrected chi connectivity index (χ1v) is 6.03. The fraction of sp³-hybridized carbons (Fsp3) is 0.429. The largest absolute Gasteiger partial charge is 0.488 e. The predicted molar refractivity (Wildman–Crippen MR) is 74.5 cm³/mol. The molecule has 0 atom stereocenters. The molecular weight excluding hydrogens is 231 g/mol. The fourth-order valence-electron chi connectivity index (χ4n) is 1.43. The van der Waals surface area contributed by atoms with E-state index in [0.29, 0.717) is 17.9 Å². The second-order valence-corrected chi connectivity index (χ2v) is 4.70. The second kappa shape index (κ2) is 6.28. The summed E-state index contributed by atoms with van der Waals surface area (Å²) >= 11 is 0. The summed E-state index contributed by atoms with van der Waals surface area (Å²) in [6, 6.07) is 2.88. The molecule has 3 nitrogen and oxygen atoms in total. The van der Waals surface area contributed by atoms with Gasteiger partial charge in [0.15, 0.2) is 11.6 Å². The van der Waals surface area contributed by atoms with Gasteiger partial charge in [0.2, 0.25) is 0 Å². The van der Waals surface area contributed by atoms with Crippen LogP contribution in [0.3, 0.4) is 0 Å². The minimum absolute atomic E-state index is 0.0752. The van der Waals surface area contributed by atoms with Crippen molar-refractivity contribution in [2.45, 2.75) is 33.8 Å².